The fourth-order valence-electron chi connectivity index (χ4n) is 4.58. The molecule has 0 saturated carbocycles. The highest BCUT2D eigenvalue weighted by atomic mass is 79.9. The van der Waals surface area contributed by atoms with Gasteiger partial charge in [-0.15, -0.1) is 0 Å². The van der Waals surface area contributed by atoms with Crippen LogP contribution in [0.5, 0.6) is 0 Å². The first-order valence-corrected chi connectivity index (χ1v) is 12.2. The Kier molecular flexibility index (Phi) is 3.51. The zero-order valence-corrected chi connectivity index (χ0v) is 16.4. The molecule has 0 spiro atoms. The highest BCUT2D eigenvalue weighted by molar-refractivity contribution is 9.10. The van der Waals surface area contributed by atoms with E-state index >= 15 is 0 Å². The number of benzene rings is 2. The highest BCUT2D eigenvalue weighted by Gasteiger charge is 2.44. The number of rotatable bonds is 2. The average Bonchev–Trinajstić information content (AvgIpc) is 3.09. The minimum atomic E-state index is -1.60. The van der Waals surface area contributed by atoms with Gasteiger partial charge in [-0.3, -0.25) is 0 Å². The van der Waals surface area contributed by atoms with Crippen LogP contribution in [0.1, 0.15) is 40.3 Å². The maximum Gasteiger partial charge on any atom is 0.0718 e. The molecule has 0 bridgehead atoms. The summed E-state index contributed by atoms with van der Waals surface area (Å²) in [6, 6.07) is 15.6. The molecular weight excluding hydrogens is 360 g/mol. The molecule has 23 heavy (non-hydrogen) atoms. The van der Waals surface area contributed by atoms with Gasteiger partial charge in [0.1, 0.15) is 0 Å². The molecule has 2 heteroatoms. The SMILES string of the molecule is CC1=Cc2c(Br)cccc2C1[Si](C)(C)C1C=Cc2ccccc21. The molecule has 2 aliphatic carbocycles. The van der Waals surface area contributed by atoms with Crippen LogP contribution in [0.4, 0.5) is 0 Å². The molecule has 0 radical (unpaired) electrons. The van der Waals surface area contributed by atoms with Gasteiger partial charge in [-0.2, -0.15) is 0 Å². The first-order chi connectivity index (χ1) is 11.0. The summed E-state index contributed by atoms with van der Waals surface area (Å²) in [4.78, 5) is 0. The van der Waals surface area contributed by atoms with Crippen LogP contribution in [0.3, 0.4) is 0 Å². The number of hydrogen-bond donors (Lipinski definition) is 0. The van der Waals surface area contributed by atoms with E-state index in [2.05, 4.69) is 96.6 Å². The van der Waals surface area contributed by atoms with Crippen LogP contribution >= 0.6 is 15.9 Å². The summed E-state index contributed by atoms with van der Waals surface area (Å²) >= 11 is 3.74. The van der Waals surface area contributed by atoms with Crippen LogP contribution in [-0.2, 0) is 0 Å². The summed E-state index contributed by atoms with van der Waals surface area (Å²) in [5, 5.41) is 0. The van der Waals surface area contributed by atoms with Crippen molar-refractivity contribution in [2.75, 3.05) is 0 Å². The fourth-order valence-corrected chi connectivity index (χ4v) is 9.40. The smallest absolute Gasteiger partial charge is 0.0718 e. The maximum absolute atomic E-state index is 3.74. The largest absolute Gasteiger partial charge is 0.0791 e. The lowest BCUT2D eigenvalue weighted by Gasteiger charge is -2.37. The lowest BCUT2D eigenvalue weighted by Crippen LogP contribution is -2.41. The van der Waals surface area contributed by atoms with Crippen LogP contribution in [-0.4, -0.2) is 8.07 Å². The zero-order chi connectivity index (χ0) is 16.2. The van der Waals surface area contributed by atoms with E-state index in [0.29, 0.717) is 11.1 Å². The monoisotopic (exact) mass is 380 g/mol. The third-order valence-corrected chi connectivity index (χ3v) is 10.6. The molecule has 0 heterocycles. The van der Waals surface area contributed by atoms with E-state index < -0.39 is 8.07 Å². The molecule has 0 aromatic heterocycles. The van der Waals surface area contributed by atoms with Gasteiger partial charge in [0.15, 0.2) is 0 Å². The van der Waals surface area contributed by atoms with Gasteiger partial charge in [-0.1, -0.05) is 89.2 Å². The Morgan fingerprint density at radius 1 is 0.957 bits per heavy atom. The number of allylic oxidation sites excluding steroid dienone is 2. The fraction of sp³-hybridized carbons (Fsp3) is 0.238. The summed E-state index contributed by atoms with van der Waals surface area (Å²) in [6.07, 6.45) is 7.17. The van der Waals surface area contributed by atoms with E-state index in [0.717, 1.165) is 0 Å². The molecule has 2 aromatic carbocycles. The Balaban J connectivity index is 1.81. The van der Waals surface area contributed by atoms with Crippen LogP contribution in [0.15, 0.2) is 58.6 Å². The molecule has 2 unspecified atom stereocenters. The van der Waals surface area contributed by atoms with Crippen LogP contribution in [0.2, 0.25) is 13.1 Å². The second-order valence-electron chi connectivity index (χ2n) is 7.35. The second kappa shape index (κ2) is 5.32. The van der Waals surface area contributed by atoms with Gasteiger partial charge in [-0.25, -0.2) is 0 Å². The Labute approximate surface area is 148 Å². The first kappa shape index (κ1) is 15.2. The lowest BCUT2D eigenvalue weighted by atomic mass is 10.1. The Bertz CT molecular complexity index is 845. The van der Waals surface area contributed by atoms with E-state index in [4.69, 9.17) is 0 Å². The lowest BCUT2D eigenvalue weighted by molar-refractivity contribution is 0.999. The van der Waals surface area contributed by atoms with Crippen molar-refractivity contribution >= 4 is 36.2 Å². The summed E-state index contributed by atoms with van der Waals surface area (Å²) in [5.74, 6) is 0. The maximum atomic E-state index is 3.74. The second-order valence-corrected chi connectivity index (χ2v) is 13.0. The minimum Gasteiger partial charge on any atom is -0.0791 e. The van der Waals surface area contributed by atoms with Crippen molar-refractivity contribution in [3.63, 3.8) is 0 Å². The third-order valence-electron chi connectivity index (χ3n) is 5.57. The normalized spacial score (nSPS) is 22.0. The molecule has 2 aromatic rings. The number of halogens is 1. The molecule has 0 fully saturated rings. The van der Waals surface area contributed by atoms with E-state index in [1.165, 1.54) is 32.3 Å². The summed E-state index contributed by atoms with van der Waals surface area (Å²) < 4.78 is 1.23. The molecule has 116 valence electrons. The van der Waals surface area contributed by atoms with Crippen molar-refractivity contribution in [1.82, 2.24) is 0 Å². The van der Waals surface area contributed by atoms with Crippen molar-refractivity contribution in [3.05, 3.63) is 80.8 Å². The third kappa shape index (κ3) is 2.23. The molecule has 4 rings (SSSR count). The zero-order valence-electron chi connectivity index (χ0n) is 13.8. The predicted molar refractivity (Wildman–Crippen MR) is 106 cm³/mol. The van der Waals surface area contributed by atoms with Crippen molar-refractivity contribution < 1.29 is 0 Å². The molecule has 2 aliphatic rings. The summed E-state index contributed by atoms with van der Waals surface area (Å²) in [7, 11) is -1.60. The molecule has 0 saturated heterocycles. The van der Waals surface area contributed by atoms with Crippen LogP contribution < -0.4 is 0 Å². The quantitative estimate of drug-likeness (QED) is 0.518. The molecule has 0 nitrogen and oxygen atoms in total. The summed E-state index contributed by atoms with van der Waals surface area (Å²) in [5.41, 5.74) is 8.57. The molecule has 0 N–H and O–H groups in total. The minimum absolute atomic E-state index is 0.593. The molecular formula is C21H21BrSi. The van der Waals surface area contributed by atoms with Gasteiger partial charge in [-0.05, 0) is 40.8 Å². The van der Waals surface area contributed by atoms with Gasteiger partial charge in [0, 0.05) is 10.0 Å². The number of fused-ring (bicyclic) bond motifs is 2. The van der Waals surface area contributed by atoms with Crippen molar-refractivity contribution in [2.24, 2.45) is 0 Å². The van der Waals surface area contributed by atoms with Gasteiger partial charge >= 0.3 is 0 Å². The first-order valence-electron chi connectivity index (χ1n) is 8.24. The topological polar surface area (TPSA) is 0 Å². The van der Waals surface area contributed by atoms with E-state index in [9.17, 15) is 0 Å². The van der Waals surface area contributed by atoms with Gasteiger partial charge in [0.05, 0.1) is 8.07 Å². The van der Waals surface area contributed by atoms with Gasteiger partial charge in [0.2, 0.25) is 0 Å². The van der Waals surface area contributed by atoms with Gasteiger partial charge < -0.3 is 0 Å². The van der Waals surface area contributed by atoms with Gasteiger partial charge in [0.25, 0.3) is 0 Å². The van der Waals surface area contributed by atoms with Crippen LogP contribution in [0, 0.1) is 0 Å². The highest BCUT2D eigenvalue weighted by Crippen LogP contribution is 2.50. The van der Waals surface area contributed by atoms with Crippen molar-refractivity contribution in [1.29, 1.82) is 0 Å². The van der Waals surface area contributed by atoms with Crippen LogP contribution in [0.25, 0.3) is 12.2 Å². The molecule has 0 aliphatic heterocycles. The molecule has 2 atom stereocenters. The van der Waals surface area contributed by atoms with E-state index in [1.807, 2.05) is 0 Å². The van der Waals surface area contributed by atoms with Crippen molar-refractivity contribution in [3.8, 4) is 0 Å². The standard InChI is InChI=1S/C21H21BrSi/c1-14-13-18-17(9-6-10-19(18)22)21(14)23(2,3)20-12-11-15-7-4-5-8-16(15)20/h4-13,20-21H,1-3H3. The van der Waals surface area contributed by atoms with Crippen molar-refractivity contribution in [2.45, 2.75) is 31.1 Å². The Morgan fingerprint density at radius 2 is 1.70 bits per heavy atom. The summed E-state index contributed by atoms with van der Waals surface area (Å²) in [6.45, 7) is 7.43. The Hall–Kier alpha value is -1.38. The predicted octanol–water partition coefficient (Wildman–Crippen LogP) is 6.55. The number of hydrogen-bond acceptors (Lipinski definition) is 0. The average molecular weight is 381 g/mol. The molecule has 0 amide bonds. The Morgan fingerprint density at radius 3 is 2.52 bits per heavy atom. The van der Waals surface area contributed by atoms with E-state index in [1.54, 1.807) is 0 Å². The van der Waals surface area contributed by atoms with E-state index in [-0.39, 0.29) is 0 Å².